The molecule has 2 heterocycles. The van der Waals surface area contributed by atoms with Crippen LogP contribution in [-0.2, 0) is 6.42 Å². The van der Waals surface area contributed by atoms with Crippen molar-refractivity contribution in [2.45, 2.75) is 25.1 Å². The van der Waals surface area contributed by atoms with Crippen LogP contribution in [0.15, 0.2) is 27.3 Å². The Morgan fingerprint density at radius 2 is 2.25 bits per heavy atom. The highest BCUT2D eigenvalue weighted by Crippen LogP contribution is 2.40. The van der Waals surface area contributed by atoms with E-state index in [0.29, 0.717) is 0 Å². The van der Waals surface area contributed by atoms with Crippen LogP contribution in [0.25, 0.3) is 0 Å². The van der Waals surface area contributed by atoms with Gasteiger partial charge >= 0.3 is 0 Å². The number of hydrogen-bond acceptors (Lipinski definition) is 2. The molecule has 0 fully saturated rings. The highest BCUT2D eigenvalue weighted by Gasteiger charge is 2.18. The molecule has 1 atom stereocenters. The Kier molecular flexibility index (Phi) is 3.93. The molecule has 2 rings (SSSR count). The topological polar surface area (TPSA) is 13.1 Å². The zero-order valence-corrected chi connectivity index (χ0v) is 13.1. The Balaban J connectivity index is 2.35. The van der Waals surface area contributed by atoms with E-state index in [4.69, 9.17) is 4.42 Å². The summed E-state index contributed by atoms with van der Waals surface area (Å²) < 4.78 is 6.64. The van der Waals surface area contributed by atoms with E-state index in [1.165, 1.54) is 19.8 Å². The molecule has 86 valence electrons. The highest BCUT2D eigenvalue weighted by molar-refractivity contribution is 9.10. The summed E-state index contributed by atoms with van der Waals surface area (Å²) in [6.07, 6.45) is 2.69. The molecule has 4 heteroatoms. The zero-order valence-electron chi connectivity index (χ0n) is 9.09. The van der Waals surface area contributed by atoms with Crippen LogP contribution in [0.5, 0.6) is 0 Å². The minimum Gasteiger partial charge on any atom is -0.469 e. The lowest BCUT2D eigenvalue weighted by Gasteiger charge is -2.06. The first-order valence-corrected chi connectivity index (χ1v) is 7.62. The van der Waals surface area contributed by atoms with Crippen LogP contribution >= 0.6 is 43.2 Å². The summed E-state index contributed by atoms with van der Waals surface area (Å²) >= 11 is 9.10. The van der Waals surface area contributed by atoms with Crippen LogP contribution in [0.3, 0.4) is 0 Å². The largest absolute Gasteiger partial charge is 0.469 e. The van der Waals surface area contributed by atoms with E-state index < -0.39 is 0 Å². The molecule has 0 saturated heterocycles. The molecule has 0 amide bonds. The first-order valence-electron chi connectivity index (χ1n) is 5.09. The third-order valence-corrected chi connectivity index (χ3v) is 5.99. The highest BCUT2D eigenvalue weighted by atomic mass is 79.9. The average Bonchev–Trinajstić information content (AvgIpc) is 2.85. The third kappa shape index (κ3) is 2.29. The van der Waals surface area contributed by atoms with E-state index in [1.54, 1.807) is 17.6 Å². The minimum atomic E-state index is 0.233. The van der Waals surface area contributed by atoms with Gasteiger partial charge in [-0.05, 0) is 35.0 Å². The summed E-state index contributed by atoms with van der Waals surface area (Å²) in [6.45, 7) is 4.23. The number of rotatable bonds is 3. The molecule has 0 saturated carbocycles. The Morgan fingerprint density at radius 3 is 2.81 bits per heavy atom. The number of aryl methyl sites for hydroxylation is 2. The maximum absolute atomic E-state index is 5.46. The van der Waals surface area contributed by atoms with Crippen molar-refractivity contribution in [1.29, 1.82) is 0 Å². The number of hydrogen-bond donors (Lipinski definition) is 0. The Bertz CT molecular complexity index is 467. The lowest BCUT2D eigenvalue weighted by atomic mass is 10.1. The molecular formula is C12H12Br2OS. The van der Waals surface area contributed by atoms with Gasteiger partial charge in [0, 0.05) is 26.2 Å². The number of furan rings is 1. The van der Waals surface area contributed by atoms with Gasteiger partial charge in [-0.15, -0.1) is 11.3 Å². The quantitative estimate of drug-likeness (QED) is 0.660. The van der Waals surface area contributed by atoms with Gasteiger partial charge in [0.1, 0.15) is 5.76 Å². The SMILES string of the molecule is CCc1occc1C(Br)c1cc(Br)c(C)s1. The number of thiophene rings is 1. The van der Waals surface area contributed by atoms with Crippen molar-refractivity contribution in [2.75, 3.05) is 0 Å². The van der Waals surface area contributed by atoms with Gasteiger partial charge in [-0.1, -0.05) is 22.9 Å². The van der Waals surface area contributed by atoms with Gasteiger partial charge in [0.2, 0.25) is 0 Å². The van der Waals surface area contributed by atoms with Crippen LogP contribution in [-0.4, -0.2) is 0 Å². The summed E-state index contributed by atoms with van der Waals surface area (Å²) in [5.74, 6) is 1.06. The summed E-state index contributed by atoms with van der Waals surface area (Å²) in [7, 11) is 0. The lowest BCUT2D eigenvalue weighted by molar-refractivity contribution is 0.512. The molecule has 0 spiro atoms. The number of halogens is 2. The molecule has 0 aliphatic rings. The average molecular weight is 364 g/mol. The predicted molar refractivity (Wildman–Crippen MR) is 75.6 cm³/mol. The Labute approximate surface area is 116 Å². The van der Waals surface area contributed by atoms with E-state index in [2.05, 4.69) is 51.8 Å². The molecule has 0 radical (unpaired) electrons. The lowest BCUT2D eigenvalue weighted by Crippen LogP contribution is -1.91. The van der Waals surface area contributed by atoms with E-state index in [1.807, 2.05) is 6.07 Å². The van der Waals surface area contributed by atoms with Crippen LogP contribution in [0.4, 0.5) is 0 Å². The summed E-state index contributed by atoms with van der Waals surface area (Å²) in [5, 5.41) is 0. The van der Waals surface area contributed by atoms with Crippen molar-refractivity contribution >= 4 is 43.2 Å². The second kappa shape index (κ2) is 5.07. The van der Waals surface area contributed by atoms with Crippen molar-refractivity contribution in [1.82, 2.24) is 0 Å². The van der Waals surface area contributed by atoms with Gasteiger partial charge in [0.05, 0.1) is 11.1 Å². The molecule has 2 aromatic rings. The van der Waals surface area contributed by atoms with E-state index in [-0.39, 0.29) is 4.83 Å². The Hall–Kier alpha value is -0.0600. The van der Waals surface area contributed by atoms with Gasteiger partial charge < -0.3 is 4.42 Å². The Morgan fingerprint density at radius 1 is 1.50 bits per heavy atom. The normalized spacial score (nSPS) is 13.0. The van der Waals surface area contributed by atoms with Crippen molar-refractivity contribution in [3.63, 3.8) is 0 Å². The smallest absolute Gasteiger partial charge is 0.108 e. The summed E-state index contributed by atoms with van der Waals surface area (Å²) in [6, 6.07) is 4.22. The van der Waals surface area contributed by atoms with Crippen LogP contribution in [0.1, 0.15) is 32.8 Å². The van der Waals surface area contributed by atoms with Crippen molar-refractivity contribution in [3.05, 3.63) is 43.9 Å². The second-order valence-electron chi connectivity index (χ2n) is 3.57. The van der Waals surface area contributed by atoms with Gasteiger partial charge in [-0.3, -0.25) is 0 Å². The molecule has 16 heavy (non-hydrogen) atoms. The molecule has 0 N–H and O–H groups in total. The minimum absolute atomic E-state index is 0.233. The molecule has 0 bridgehead atoms. The fourth-order valence-corrected chi connectivity index (χ4v) is 4.00. The molecule has 0 aliphatic heterocycles. The maximum Gasteiger partial charge on any atom is 0.108 e. The number of alkyl halides is 1. The van der Waals surface area contributed by atoms with Crippen molar-refractivity contribution < 1.29 is 4.42 Å². The predicted octanol–water partition coefficient (Wildman–Crippen LogP) is 5.46. The van der Waals surface area contributed by atoms with E-state index >= 15 is 0 Å². The molecule has 1 nitrogen and oxygen atoms in total. The molecular weight excluding hydrogens is 352 g/mol. The van der Waals surface area contributed by atoms with Gasteiger partial charge in [-0.2, -0.15) is 0 Å². The standard InChI is InChI=1S/C12H12Br2OS/c1-3-10-8(4-5-15-10)12(14)11-6-9(13)7(2)16-11/h4-6,12H,3H2,1-2H3. The zero-order chi connectivity index (χ0) is 11.7. The maximum atomic E-state index is 5.46. The third-order valence-electron chi connectivity index (χ3n) is 2.50. The molecule has 1 unspecified atom stereocenters. The van der Waals surface area contributed by atoms with Crippen molar-refractivity contribution in [3.8, 4) is 0 Å². The monoisotopic (exact) mass is 362 g/mol. The van der Waals surface area contributed by atoms with Crippen LogP contribution in [0, 0.1) is 6.92 Å². The van der Waals surface area contributed by atoms with Gasteiger partial charge in [-0.25, -0.2) is 0 Å². The van der Waals surface area contributed by atoms with Crippen LogP contribution < -0.4 is 0 Å². The fraction of sp³-hybridized carbons (Fsp3) is 0.333. The second-order valence-corrected chi connectivity index (χ2v) is 6.63. The molecule has 2 aromatic heterocycles. The van der Waals surface area contributed by atoms with Crippen LogP contribution in [0.2, 0.25) is 0 Å². The summed E-state index contributed by atoms with van der Waals surface area (Å²) in [5.41, 5.74) is 1.23. The molecule has 0 aliphatic carbocycles. The van der Waals surface area contributed by atoms with Gasteiger partial charge in [0.15, 0.2) is 0 Å². The van der Waals surface area contributed by atoms with E-state index in [9.17, 15) is 0 Å². The fourth-order valence-electron chi connectivity index (χ4n) is 1.62. The van der Waals surface area contributed by atoms with Gasteiger partial charge in [0.25, 0.3) is 0 Å². The molecule has 0 aromatic carbocycles. The first-order chi connectivity index (χ1) is 7.63. The van der Waals surface area contributed by atoms with Crippen molar-refractivity contribution in [2.24, 2.45) is 0 Å². The first kappa shape index (κ1) is 12.4. The summed E-state index contributed by atoms with van der Waals surface area (Å²) in [4.78, 5) is 2.85. The van der Waals surface area contributed by atoms with E-state index in [0.717, 1.165) is 12.2 Å².